The van der Waals surface area contributed by atoms with Crippen LogP contribution in [0.4, 0.5) is 0 Å². The van der Waals surface area contributed by atoms with Crippen molar-refractivity contribution in [2.45, 2.75) is 29.9 Å². The molecule has 0 aliphatic carbocycles. The van der Waals surface area contributed by atoms with Gasteiger partial charge in [-0.15, -0.1) is 0 Å². The van der Waals surface area contributed by atoms with Gasteiger partial charge in [-0.3, -0.25) is 0 Å². The van der Waals surface area contributed by atoms with Crippen LogP contribution in [-0.2, 0) is 39.7 Å². The van der Waals surface area contributed by atoms with Crippen LogP contribution in [0.3, 0.4) is 0 Å². The van der Waals surface area contributed by atoms with Crippen molar-refractivity contribution in [3.8, 4) is 0 Å². The van der Waals surface area contributed by atoms with Crippen molar-refractivity contribution >= 4 is 12.6 Å². The molecule has 8 heteroatoms. The van der Waals surface area contributed by atoms with Crippen LogP contribution in [0.25, 0.3) is 0 Å². The summed E-state index contributed by atoms with van der Waals surface area (Å²) in [5, 5.41) is 34.4. The summed E-state index contributed by atoms with van der Waals surface area (Å²) < 4.78 is 4.90. The van der Waals surface area contributed by atoms with E-state index in [0.29, 0.717) is 0 Å². The summed E-state index contributed by atoms with van der Waals surface area (Å²) in [6.07, 6.45) is -4.36. The molecule has 0 spiro atoms. The van der Waals surface area contributed by atoms with Gasteiger partial charge < -0.3 is 43.3 Å². The average molecular weight is 411 g/mol. The van der Waals surface area contributed by atoms with Gasteiger partial charge in [-0.2, -0.15) is 0 Å². The third kappa shape index (κ3) is 3.46. The third-order valence-corrected chi connectivity index (χ3v) is 2.29. The zero-order valence-electron chi connectivity index (χ0n) is 7.05. The SMILES string of the molecule is O.OC[C@H]1OC([S-])[C@H]([OH2+])[C@@H](O)[C@@H]1O.[Au]. The van der Waals surface area contributed by atoms with Gasteiger partial charge in [-0.1, -0.05) is 0 Å². The minimum absolute atomic E-state index is 0. The van der Waals surface area contributed by atoms with Crippen LogP contribution in [0, 0.1) is 0 Å². The first kappa shape index (κ1) is 17.3. The van der Waals surface area contributed by atoms with E-state index in [0.717, 1.165) is 0 Å². The summed E-state index contributed by atoms with van der Waals surface area (Å²) >= 11 is 4.69. The maximum Gasteiger partial charge on any atom is 0.186 e. The maximum absolute atomic E-state index is 9.22. The summed E-state index contributed by atoms with van der Waals surface area (Å²) in [6, 6.07) is 0. The van der Waals surface area contributed by atoms with Crippen molar-refractivity contribution in [2.24, 2.45) is 0 Å². The van der Waals surface area contributed by atoms with Gasteiger partial charge in [0.2, 0.25) is 0 Å². The van der Waals surface area contributed by atoms with Crippen molar-refractivity contribution < 1.29 is 53.0 Å². The Kier molecular flexibility index (Phi) is 8.84. The van der Waals surface area contributed by atoms with Crippen LogP contribution < -0.4 is 0 Å². The molecule has 1 heterocycles. The van der Waals surface area contributed by atoms with E-state index in [2.05, 4.69) is 0 Å². The minimum atomic E-state index is -1.24. The first-order chi connectivity index (χ1) is 5.57. The molecule has 0 bridgehead atoms. The largest absolute Gasteiger partial charge is 0.753 e. The first-order valence-electron chi connectivity index (χ1n) is 3.57. The Labute approximate surface area is 102 Å². The Balaban J connectivity index is 0. The maximum atomic E-state index is 9.22. The summed E-state index contributed by atoms with van der Waals surface area (Å²) in [6.45, 7) is -0.405. The van der Waals surface area contributed by atoms with Crippen LogP contribution in [0.15, 0.2) is 0 Å². The summed E-state index contributed by atoms with van der Waals surface area (Å²) in [7, 11) is 0. The molecule has 14 heavy (non-hydrogen) atoms. The molecule has 1 fully saturated rings. The fourth-order valence-corrected chi connectivity index (χ4v) is 1.39. The molecule has 7 N–H and O–H groups in total. The predicted octanol–water partition coefficient (Wildman–Crippen LogP) is -3.76. The van der Waals surface area contributed by atoms with E-state index in [4.69, 9.17) is 27.6 Å². The van der Waals surface area contributed by atoms with Crippen molar-refractivity contribution in [3.05, 3.63) is 0 Å². The van der Waals surface area contributed by atoms with Gasteiger partial charge in [-0.05, 0) is 0 Å². The summed E-state index contributed by atoms with van der Waals surface area (Å²) in [5.74, 6) is 0. The van der Waals surface area contributed by atoms with Gasteiger partial charge >= 0.3 is 0 Å². The van der Waals surface area contributed by atoms with E-state index >= 15 is 0 Å². The molecule has 1 unspecified atom stereocenters. The van der Waals surface area contributed by atoms with Crippen molar-refractivity contribution in [3.63, 3.8) is 0 Å². The first-order valence-corrected chi connectivity index (χ1v) is 4.04. The number of aliphatic hydroxyl groups is 3. The van der Waals surface area contributed by atoms with E-state index in [1.807, 2.05) is 0 Å². The van der Waals surface area contributed by atoms with E-state index in [1.165, 1.54) is 0 Å². The monoisotopic (exact) mass is 411 g/mol. The smallest absolute Gasteiger partial charge is 0.186 e. The minimum Gasteiger partial charge on any atom is -0.753 e. The van der Waals surface area contributed by atoms with Gasteiger partial charge in [0.15, 0.2) is 12.2 Å². The topological polar surface area (TPSA) is 124 Å². The normalized spacial score (nSPS) is 42.2. The van der Waals surface area contributed by atoms with E-state index in [1.54, 1.807) is 0 Å². The molecule has 5 atom stereocenters. The molecule has 1 rings (SSSR count). The van der Waals surface area contributed by atoms with Crippen LogP contribution >= 0.6 is 0 Å². The molecule has 6 nitrogen and oxygen atoms in total. The molecule has 0 amide bonds. The van der Waals surface area contributed by atoms with Crippen molar-refractivity contribution in [1.82, 2.24) is 0 Å². The van der Waals surface area contributed by atoms with Crippen LogP contribution in [-0.4, -0.2) is 62.4 Å². The molecule has 1 radical (unpaired) electrons. The second-order valence-electron chi connectivity index (χ2n) is 2.73. The Morgan fingerprint density at radius 1 is 1.29 bits per heavy atom. The molecular weight excluding hydrogens is 397 g/mol. The average Bonchev–Trinajstić information content (AvgIpc) is 2.08. The third-order valence-electron chi connectivity index (χ3n) is 1.88. The number of aliphatic hydroxyl groups excluding tert-OH is 3. The molecule has 0 aromatic rings. The van der Waals surface area contributed by atoms with Crippen LogP contribution in [0.1, 0.15) is 0 Å². The van der Waals surface area contributed by atoms with Gasteiger partial charge in [0.05, 0.1) is 6.61 Å². The summed E-state index contributed by atoms with van der Waals surface area (Å²) in [4.78, 5) is 0. The Morgan fingerprint density at radius 2 is 1.79 bits per heavy atom. The number of hydrogen-bond acceptors (Lipinski definition) is 5. The number of rotatable bonds is 1. The zero-order chi connectivity index (χ0) is 9.30. The van der Waals surface area contributed by atoms with Gasteiger partial charge in [0.1, 0.15) is 12.2 Å². The Bertz CT molecular complexity index is 157. The van der Waals surface area contributed by atoms with Gasteiger partial charge in [-0.25, -0.2) is 0 Å². The Morgan fingerprint density at radius 3 is 2.21 bits per heavy atom. The molecule has 1 aliphatic rings. The van der Waals surface area contributed by atoms with E-state index in [9.17, 15) is 10.2 Å². The quantitative estimate of drug-likeness (QED) is 0.232. The number of ether oxygens (including phenoxy) is 1. The second-order valence-corrected chi connectivity index (χ2v) is 3.20. The van der Waals surface area contributed by atoms with Crippen LogP contribution in [0.2, 0.25) is 0 Å². The fraction of sp³-hybridized carbons (Fsp3) is 1.00. The summed E-state index contributed by atoms with van der Waals surface area (Å²) in [5.41, 5.74) is -0.874. The molecule has 1 aliphatic heterocycles. The van der Waals surface area contributed by atoms with Gasteiger partial charge in [0, 0.05) is 27.8 Å². The van der Waals surface area contributed by atoms with Crippen molar-refractivity contribution in [1.29, 1.82) is 0 Å². The predicted molar refractivity (Wildman–Crippen MR) is 46.1 cm³/mol. The Hall–Kier alpha value is 0.850. The van der Waals surface area contributed by atoms with E-state index < -0.39 is 36.5 Å². The molecule has 0 aromatic carbocycles. The second kappa shape index (κ2) is 7.18. The molecule has 0 aromatic heterocycles. The van der Waals surface area contributed by atoms with Crippen molar-refractivity contribution in [2.75, 3.05) is 6.61 Å². The molecule has 0 saturated carbocycles. The zero-order valence-corrected chi connectivity index (χ0v) is 10.0. The fourth-order valence-electron chi connectivity index (χ4n) is 1.08. The van der Waals surface area contributed by atoms with Gasteiger partial charge in [0.25, 0.3) is 0 Å². The molecule has 91 valence electrons. The standard InChI is InChI=1S/C6H12O5S.Au.H2O/c7-1-2-3(8)4(9)5(10)6(12)11-2;;/h2-10,12H,1H2;;1H2/t2-,3-,4+,5-,6?;;/m1../s1. The molecule has 1 saturated heterocycles. The van der Waals surface area contributed by atoms with Crippen LogP contribution in [0.5, 0.6) is 0 Å². The number of hydrogen-bond donors (Lipinski definition) is 3. The van der Waals surface area contributed by atoms with E-state index in [-0.39, 0.29) is 27.9 Å². The molecular formula is C6H14AuO6S.